The first-order valence-corrected chi connectivity index (χ1v) is 8.09. The number of carbonyl (C=O) groups is 1. The van der Waals surface area contributed by atoms with Crippen LogP contribution >= 0.6 is 0 Å². The maximum atomic E-state index is 12.3. The Kier molecular flexibility index (Phi) is 6.37. The Bertz CT molecular complexity index is 635. The molecule has 0 bridgehead atoms. The Morgan fingerprint density at radius 1 is 1.33 bits per heavy atom. The van der Waals surface area contributed by atoms with Gasteiger partial charge in [0, 0.05) is 31.7 Å². The average molecular weight is 331 g/mol. The number of benzene rings is 1. The molecule has 0 fully saturated rings. The lowest BCUT2D eigenvalue weighted by Gasteiger charge is -2.21. The van der Waals surface area contributed by atoms with Crippen LogP contribution in [-0.4, -0.2) is 41.4 Å². The van der Waals surface area contributed by atoms with Crippen molar-refractivity contribution >= 4 is 6.03 Å². The maximum Gasteiger partial charge on any atom is 0.317 e. The highest BCUT2D eigenvalue weighted by atomic mass is 16.5. The highest BCUT2D eigenvalue weighted by molar-refractivity contribution is 5.74. The molecule has 1 heterocycles. The number of hydrogen-bond donors (Lipinski definition) is 2. The molecule has 1 aromatic heterocycles. The summed E-state index contributed by atoms with van der Waals surface area (Å²) in [7, 11) is 1.74. The summed E-state index contributed by atoms with van der Waals surface area (Å²) < 4.78 is 5.13. The average Bonchev–Trinajstić information content (AvgIpc) is 2.91. The van der Waals surface area contributed by atoms with Gasteiger partial charge < -0.3 is 19.8 Å². The molecule has 0 aliphatic rings. The second-order valence-electron chi connectivity index (χ2n) is 5.96. The zero-order chi connectivity index (χ0) is 17.5. The van der Waals surface area contributed by atoms with Gasteiger partial charge in [0.05, 0.1) is 12.2 Å². The predicted octanol–water partition coefficient (Wildman–Crippen LogP) is 2.60. The monoisotopic (exact) mass is 331 g/mol. The van der Waals surface area contributed by atoms with Gasteiger partial charge in [-0.3, -0.25) is 0 Å². The molecule has 130 valence electrons. The molecule has 24 heavy (non-hydrogen) atoms. The summed E-state index contributed by atoms with van der Waals surface area (Å²) in [4.78, 5) is 13.9. The number of aliphatic hydroxyl groups is 1. The second kappa shape index (κ2) is 8.49. The van der Waals surface area contributed by atoms with E-state index < -0.39 is 0 Å². The zero-order valence-electron chi connectivity index (χ0n) is 14.5. The largest absolute Gasteiger partial charge is 0.396 e. The van der Waals surface area contributed by atoms with Crippen molar-refractivity contribution in [2.45, 2.75) is 32.7 Å². The van der Waals surface area contributed by atoms with Gasteiger partial charge in [-0.15, -0.1) is 0 Å². The third-order valence-corrected chi connectivity index (χ3v) is 4.17. The van der Waals surface area contributed by atoms with E-state index in [0.29, 0.717) is 19.5 Å². The van der Waals surface area contributed by atoms with Crippen molar-refractivity contribution in [2.75, 3.05) is 20.2 Å². The molecule has 2 aromatic rings. The van der Waals surface area contributed by atoms with Crippen molar-refractivity contribution in [3.05, 3.63) is 52.9 Å². The number of nitrogens with zero attached hydrogens (tertiary/aromatic N) is 2. The van der Waals surface area contributed by atoms with Crippen molar-refractivity contribution in [3.8, 4) is 0 Å². The van der Waals surface area contributed by atoms with Crippen LogP contribution in [-0.2, 0) is 6.54 Å². The fraction of sp³-hybridized carbons (Fsp3) is 0.444. The van der Waals surface area contributed by atoms with E-state index in [1.165, 1.54) is 0 Å². The molecule has 6 heteroatoms. The fourth-order valence-corrected chi connectivity index (χ4v) is 2.65. The smallest absolute Gasteiger partial charge is 0.317 e. The molecule has 0 radical (unpaired) electrons. The van der Waals surface area contributed by atoms with Gasteiger partial charge >= 0.3 is 6.03 Å². The predicted molar refractivity (Wildman–Crippen MR) is 91.7 cm³/mol. The van der Waals surface area contributed by atoms with Crippen molar-refractivity contribution in [1.29, 1.82) is 0 Å². The number of aromatic nitrogens is 1. The quantitative estimate of drug-likeness (QED) is 0.817. The number of hydrogen-bond acceptors (Lipinski definition) is 4. The van der Waals surface area contributed by atoms with Crippen LogP contribution in [0.3, 0.4) is 0 Å². The SMILES string of the molecule is Cc1noc(C)c1CN(C)C(=O)NCC(CCO)c1ccccc1. The molecule has 0 aliphatic carbocycles. The number of rotatable bonds is 7. The maximum absolute atomic E-state index is 12.3. The van der Waals surface area contributed by atoms with Gasteiger partial charge in [0.15, 0.2) is 0 Å². The van der Waals surface area contributed by atoms with Gasteiger partial charge in [-0.05, 0) is 25.8 Å². The van der Waals surface area contributed by atoms with E-state index >= 15 is 0 Å². The van der Waals surface area contributed by atoms with E-state index in [-0.39, 0.29) is 18.6 Å². The summed E-state index contributed by atoms with van der Waals surface area (Å²) in [5, 5.41) is 16.1. The fourth-order valence-electron chi connectivity index (χ4n) is 2.65. The Labute approximate surface area is 142 Å². The Morgan fingerprint density at radius 2 is 2.04 bits per heavy atom. The van der Waals surface area contributed by atoms with Crippen LogP contribution in [0, 0.1) is 13.8 Å². The van der Waals surface area contributed by atoms with E-state index in [1.54, 1.807) is 11.9 Å². The number of amides is 2. The lowest BCUT2D eigenvalue weighted by atomic mass is 9.96. The van der Waals surface area contributed by atoms with Crippen molar-refractivity contribution < 1.29 is 14.4 Å². The molecule has 2 N–H and O–H groups in total. The van der Waals surface area contributed by atoms with E-state index in [4.69, 9.17) is 4.52 Å². The van der Waals surface area contributed by atoms with Crippen molar-refractivity contribution in [2.24, 2.45) is 0 Å². The first-order chi connectivity index (χ1) is 11.5. The van der Waals surface area contributed by atoms with Gasteiger partial charge in [0.25, 0.3) is 0 Å². The molecule has 1 atom stereocenters. The van der Waals surface area contributed by atoms with Crippen LogP contribution in [0.1, 0.15) is 34.9 Å². The second-order valence-corrected chi connectivity index (χ2v) is 5.96. The van der Waals surface area contributed by atoms with Crippen LogP contribution in [0.2, 0.25) is 0 Å². The third kappa shape index (κ3) is 4.58. The van der Waals surface area contributed by atoms with Gasteiger partial charge in [-0.25, -0.2) is 4.79 Å². The molecule has 2 amide bonds. The lowest BCUT2D eigenvalue weighted by molar-refractivity contribution is 0.204. The van der Waals surface area contributed by atoms with E-state index in [9.17, 15) is 9.90 Å². The standard InChI is InChI=1S/C18H25N3O3/c1-13-17(14(2)24-20-13)12-21(3)18(23)19-11-16(9-10-22)15-7-5-4-6-8-15/h4-8,16,22H,9-12H2,1-3H3,(H,19,23). The zero-order valence-corrected chi connectivity index (χ0v) is 14.5. The Hall–Kier alpha value is -2.34. The molecule has 1 aromatic carbocycles. The minimum atomic E-state index is -0.158. The van der Waals surface area contributed by atoms with Crippen LogP contribution < -0.4 is 5.32 Å². The van der Waals surface area contributed by atoms with Crippen LogP contribution in [0.5, 0.6) is 0 Å². The number of urea groups is 1. The topological polar surface area (TPSA) is 78.6 Å². The molecular formula is C18H25N3O3. The van der Waals surface area contributed by atoms with Crippen LogP contribution in [0.25, 0.3) is 0 Å². The molecule has 6 nitrogen and oxygen atoms in total. The van der Waals surface area contributed by atoms with Crippen LogP contribution in [0.15, 0.2) is 34.9 Å². The summed E-state index contributed by atoms with van der Waals surface area (Å²) in [5.74, 6) is 0.821. The molecule has 0 saturated heterocycles. The number of carbonyl (C=O) groups excluding carboxylic acids is 1. The summed E-state index contributed by atoms with van der Waals surface area (Å²) in [6.07, 6.45) is 0.609. The van der Waals surface area contributed by atoms with Gasteiger partial charge in [0.1, 0.15) is 5.76 Å². The molecular weight excluding hydrogens is 306 g/mol. The number of aliphatic hydroxyl groups excluding tert-OH is 1. The van der Waals surface area contributed by atoms with Gasteiger partial charge in [0.2, 0.25) is 0 Å². The third-order valence-electron chi connectivity index (χ3n) is 4.17. The summed E-state index contributed by atoms with van der Waals surface area (Å²) >= 11 is 0. The van der Waals surface area contributed by atoms with Crippen molar-refractivity contribution in [1.82, 2.24) is 15.4 Å². The van der Waals surface area contributed by atoms with E-state index in [2.05, 4.69) is 10.5 Å². The highest BCUT2D eigenvalue weighted by Gasteiger charge is 2.17. The lowest BCUT2D eigenvalue weighted by Crippen LogP contribution is -2.39. The van der Waals surface area contributed by atoms with E-state index in [0.717, 1.165) is 22.6 Å². The molecule has 0 spiro atoms. The first kappa shape index (κ1) is 18.0. The number of aryl methyl sites for hydroxylation is 2. The molecule has 0 saturated carbocycles. The number of nitrogens with one attached hydrogen (secondary N) is 1. The van der Waals surface area contributed by atoms with Gasteiger partial charge in [-0.2, -0.15) is 0 Å². The highest BCUT2D eigenvalue weighted by Crippen LogP contribution is 2.18. The molecule has 0 aliphatic heterocycles. The Balaban J connectivity index is 1.93. The summed E-state index contributed by atoms with van der Waals surface area (Å²) in [5.41, 5.74) is 2.84. The molecule has 2 rings (SSSR count). The summed E-state index contributed by atoms with van der Waals surface area (Å²) in [6.45, 7) is 4.72. The van der Waals surface area contributed by atoms with E-state index in [1.807, 2.05) is 44.2 Å². The Morgan fingerprint density at radius 3 is 2.62 bits per heavy atom. The normalized spacial score (nSPS) is 12.0. The first-order valence-electron chi connectivity index (χ1n) is 8.09. The minimum absolute atomic E-state index is 0.0876. The van der Waals surface area contributed by atoms with Crippen LogP contribution in [0.4, 0.5) is 4.79 Å². The minimum Gasteiger partial charge on any atom is -0.396 e. The summed E-state index contributed by atoms with van der Waals surface area (Å²) in [6, 6.07) is 9.75. The molecule has 1 unspecified atom stereocenters. The van der Waals surface area contributed by atoms with Gasteiger partial charge in [-0.1, -0.05) is 35.5 Å². The van der Waals surface area contributed by atoms with Crippen molar-refractivity contribution in [3.63, 3.8) is 0 Å².